The van der Waals surface area contributed by atoms with Crippen LogP contribution in [0.3, 0.4) is 0 Å². The fourth-order valence-corrected chi connectivity index (χ4v) is 4.03. The van der Waals surface area contributed by atoms with Crippen molar-refractivity contribution in [1.82, 2.24) is 20.2 Å². The van der Waals surface area contributed by atoms with E-state index < -0.39 is 17.6 Å². The zero-order chi connectivity index (χ0) is 28.2. The zero-order valence-electron chi connectivity index (χ0n) is 21.5. The number of benzene rings is 2. The Hall–Kier alpha value is -4.32. The van der Waals surface area contributed by atoms with Gasteiger partial charge in [-0.3, -0.25) is 4.79 Å². The van der Waals surface area contributed by atoms with Crippen molar-refractivity contribution in [2.24, 2.45) is 5.73 Å². The van der Waals surface area contributed by atoms with Crippen molar-refractivity contribution in [3.63, 3.8) is 0 Å². The fourth-order valence-electron chi connectivity index (χ4n) is 4.03. The molecule has 0 bridgehead atoms. The van der Waals surface area contributed by atoms with E-state index >= 15 is 0 Å². The molecule has 1 fully saturated rings. The third-order valence-corrected chi connectivity index (χ3v) is 6.26. The number of nitrogens with zero attached hydrogens (tertiary/aromatic N) is 3. The number of nitrogens with two attached hydrogens (primary N) is 1. The van der Waals surface area contributed by atoms with Crippen LogP contribution in [-0.2, 0) is 6.18 Å². The molecule has 1 aromatic heterocycles. The number of hydrogen-bond acceptors (Lipinski definition) is 8. The molecule has 1 amide bonds. The van der Waals surface area contributed by atoms with Crippen LogP contribution in [0.4, 0.5) is 24.8 Å². The van der Waals surface area contributed by atoms with Gasteiger partial charge in [0.15, 0.2) is 0 Å². The summed E-state index contributed by atoms with van der Waals surface area (Å²) in [6.45, 7) is 5.43. The van der Waals surface area contributed by atoms with Gasteiger partial charge in [0, 0.05) is 23.5 Å². The monoisotopic (exact) mass is 542 g/mol. The van der Waals surface area contributed by atoms with Crippen LogP contribution in [0.5, 0.6) is 17.4 Å². The molecular weight excluding hydrogens is 513 g/mol. The zero-order valence-corrected chi connectivity index (χ0v) is 21.5. The molecule has 0 spiro atoms. The first-order valence-corrected chi connectivity index (χ1v) is 12.1. The third kappa shape index (κ3) is 6.96. The number of anilines is 2. The van der Waals surface area contributed by atoms with Crippen molar-refractivity contribution in [2.45, 2.75) is 25.1 Å². The SMILES string of the molecule is C=C(N)c1ccc(Oc2nc(Nc3ccc(C(=O)NC4CCN(C)CC4)cc3OC)ncc2C(F)(F)F)cc1. The molecule has 1 saturated heterocycles. The number of amides is 1. The summed E-state index contributed by atoms with van der Waals surface area (Å²) in [6, 6.07) is 10.8. The minimum absolute atomic E-state index is 0.0850. The number of aromatic nitrogens is 2. The predicted molar refractivity (Wildman–Crippen MR) is 141 cm³/mol. The lowest BCUT2D eigenvalue weighted by atomic mass is 10.0. The van der Waals surface area contributed by atoms with Crippen LogP contribution in [0.15, 0.2) is 55.2 Å². The molecule has 0 saturated carbocycles. The summed E-state index contributed by atoms with van der Waals surface area (Å²) in [6.07, 6.45) is -2.39. The van der Waals surface area contributed by atoms with E-state index in [-0.39, 0.29) is 29.4 Å². The lowest BCUT2D eigenvalue weighted by molar-refractivity contribution is -0.139. The van der Waals surface area contributed by atoms with Gasteiger partial charge in [-0.15, -0.1) is 0 Å². The Balaban J connectivity index is 1.54. The standard InChI is InChI=1S/C27H29F3N6O3/c1-16(31)17-4-7-20(8-5-17)39-25-21(27(28,29)30)15-32-26(35-25)34-22-9-6-18(14-23(22)38-3)24(37)33-19-10-12-36(2)13-11-19/h4-9,14-15,19H,1,10-13,31H2,2-3H3,(H,33,37)(H,32,34,35). The summed E-state index contributed by atoms with van der Waals surface area (Å²) in [4.78, 5) is 22.8. The van der Waals surface area contributed by atoms with Crippen LogP contribution in [-0.4, -0.2) is 54.1 Å². The lowest BCUT2D eigenvalue weighted by Gasteiger charge is -2.29. The van der Waals surface area contributed by atoms with Gasteiger partial charge in [0.25, 0.3) is 5.91 Å². The second kappa shape index (κ2) is 11.6. The fraction of sp³-hybridized carbons (Fsp3) is 0.296. The summed E-state index contributed by atoms with van der Waals surface area (Å²) in [7, 11) is 3.46. The summed E-state index contributed by atoms with van der Waals surface area (Å²) >= 11 is 0. The summed E-state index contributed by atoms with van der Waals surface area (Å²) in [5, 5.41) is 5.88. The number of carbonyl (C=O) groups excluding carboxylic acids is 1. The maximum absolute atomic E-state index is 13.6. The van der Waals surface area contributed by atoms with Crippen LogP contribution in [0, 0.1) is 0 Å². The van der Waals surface area contributed by atoms with E-state index in [9.17, 15) is 18.0 Å². The van der Waals surface area contributed by atoms with Gasteiger partial charge in [-0.2, -0.15) is 18.2 Å². The van der Waals surface area contributed by atoms with Crippen LogP contribution in [0.25, 0.3) is 5.70 Å². The average Bonchev–Trinajstić information content (AvgIpc) is 2.90. The van der Waals surface area contributed by atoms with Gasteiger partial charge < -0.3 is 30.7 Å². The molecule has 206 valence electrons. The number of alkyl halides is 3. The molecule has 0 unspecified atom stereocenters. The van der Waals surface area contributed by atoms with Gasteiger partial charge in [0.1, 0.15) is 17.1 Å². The highest BCUT2D eigenvalue weighted by atomic mass is 19.4. The number of hydrogen-bond donors (Lipinski definition) is 3. The normalized spacial score (nSPS) is 14.5. The predicted octanol–water partition coefficient (Wildman–Crippen LogP) is 4.79. The second-order valence-electron chi connectivity index (χ2n) is 9.15. The summed E-state index contributed by atoms with van der Waals surface area (Å²) in [5.74, 6) is -0.679. The maximum atomic E-state index is 13.6. The van der Waals surface area contributed by atoms with Crippen molar-refractivity contribution >= 4 is 23.2 Å². The summed E-state index contributed by atoms with van der Waals surface area (Å²) < 4.78 is 51.8. The number of halogens is 3. The van der Waals surface area contributed by atoms with Gasteiger partial charge in [-0.25, -0.2) is 4.98 Å². The smallest absolute Gasteiger partial charge is 0.423 e. The number of carbonyl (C=O) groups is 1. The highest BCUT2D eigenvalue weighted by Gasteiger charge is 2.36. The molecule has 9 nitrogen and oxygen atoms in total. The second-order valence-corrected chi connectivity index (χ2v) is 9.15. The number of ether oxygens (including phenoxy) is 2. The molecule has 1 aliphatic heterocycles. The first kappa shape index (κ1) is 27.7. The van der Waals surface area contributed by atoms with E-state index in [1.807, 2.05) is 7.05 Å². The minimum Gasteiger partial charge on any atom is -0.495 e. The number of nitrogens with one attached hydrogen (secondary N) is 2. The van der Waals surface area contributed by atoms with Gasteiger partial charge in [-0.1, -0.05) is 6.58 Å². The van der Waals surface area contributed by atoms with Crippen LogP contribution in [0.2, 0.25) is 0 Å². The number of likely N-dealkylation sites (tertiary alicyclic amines) is 1. The quantitative estimate of drug-likeness (QED) is 0.372. The van der Waals surface area contributed by atoms with E-state index in [1.54, 1.807) is 30.3 Å². The molecule has 4 N–H and O–H groups in total. The van der Waals surface area contributed by atoms with Gasteiger partial charge in [0.05, 0.1) is 12.8 Å². The molecule has 3 aromatic rings. The Morgan fingerprint density at radius 2 is 1.79 bits per heavy atom. The largest absolute Gasteiger partial charge is 0.495 e. The molecule has 39 heavy (non-hydrogen) atoms. The Bertz CT molecular complexity index is 1340. The highest BCUT2D eigenvalue weighted by Crippen LogP contribution is 2.38. The van der Waals surface area contributed by atoms with Gasteiger partial charge >= 0.3 is 6.18 Å². The van der Waals surface area contributed by atoms with Gasteiger partial charge in [-0.05, 0) is 81.0 Å². The number of piperidine rings is 1. The maximum Gasteiger partial charge on any atom is 0.423 e. The molecule has 0 atom stereocenters. The van der Waals surface area contributed by atoms with Crippen LogP contribution in [0.1, 0.15) is 34.3 Å². The van der Waals surface area contributed by atoms with E-state index in [4.69, 9.17) is 15.2 Å². The van der Waals surface area contributed by atoms with Crippen molar-refractivity contribution in [3.05, 3.63) is 71.9 Å². The third-order valence-electron chi connectivity index (χ3n) is 6.26. The first-order valence-electron chi connectivity index (χ1n) is 12.1. The number of methoxy groups -OCH3 is 1. The lowest BCUT2D eigenvalue weighted by Crippen LogP contribution is -2.43. The molecule has 0 radical (unpaired) electrons. The Labute approximate surface area is 223 Å². The number of rotatable bonds is 8. The van der Waals surface area contributed by atoms with E-state index in [1.165, 1.54) is 19.2 Å². The summed E-state index contributed by atoms with van der Waals surface area (Å²) in [5.41, 5.74) is 6.15. The Morgan fingerprint density at radius 3 is 2.41 bits per heavy atom. The van der Waals surface area contributed by atoms with E-state index in [0.29, 0.717) is 28.7 Å². The van der Waals surface area contributed by atoms with Crippen molar-refractivity contribution in [1.29, 1.82) is 0 Å². The molecule has 4 rings (SSSR count). The first-order chi connectivity index (χ1) is 18.5. The highest BCUT2D eigenvalue weighted by molar-refractivity contribution is 5.95. The van der Waals surface area contributed by atoms with E-state index in [2.05, 4.69) is 32.1 Å². The molecule has 12 heteroatoms. The minimum atomic E-state index is -4.75. The van der Waals surface area contributed by atoms with Crippen molar-refractivity contribution < 1.29 is 27.4 Å². The molecular formula is C27H29F3N6O3. The van der Waals surface area contributed by atoms with Crippen molar-refractivity contribution in [2.75, 3.05) is 32.6 Å². The van der Waals surface area contributed by atoms with Crippen LogP contribution < -0.4 is 25.8 Å². The molecule has 2 heterocycles. The van der Waals surface area contributed by atoms with Gasteiger partial charge in [0.2, 0.25) is 11.8 Å². The Morgan fingerprint density at radius 1 is 1.13 bits per heavy atom. The van der Waals surface area contributed by atoms with Crippen molar-refractivity contribution in [3.8, 4) is 17.4 Å². The van der Waals surface area contributed by atoms with Crippen LogP contribution >= 0.6 is 0 Å². The average molecular weight is 543 g/mol. The molecule has 1 aliphatic rings. The van der Waals surface area contributed by atoms with E-state index in [0.717, 1.165) is 25.9 Å². The molecule has 2 aromatic carbocycles. The molecule has 0 aliphatic carbocycles. The Kier molecular flexibility index (Phi) is 8.24. The topological polar surface area (TPSA) is 115 Å².